The molecule has 6 nitrogen and oxygen atoms in total. The van der Waals surface area contributed by atoms with Gasteiger partial charge in [0, 0.05) is 72.2 Å². The maximum Gasteiger partial charge on any atom is 0.184 e. The molecule has 0 atom stereocenters. The number of hydrogen-bond acceptors (Lipinski definition) is 5. The van der Waals surface area contributed by atoms with Gasteiger partial charge < -0.3 is 23.8 Å². The molecule has 4 heterocycles. The molecule has 10 aromatic rings. The summed E-state index contributed by atoms with van der Waals surface area (Å²) in [6.07, 6.45) is 3.36. The molecule has 2 aliphatic heterocycles. The SMILES string of the molecule is [2H]c1c([2H])c([2H])c(-c2cnc(-n3c4[c-]c(Oc5[c-]c(C6=COC7=C(c8ccccc8)N(c8c(-c9ccccc9)cccc8-c8ccccc8)[CH-]N67)ccc5)ccc4c4cc(C(C)(C)C)ccc43)cc2C)c([2H])c1[2H].[Pt]. The van der Waals surface area contributed by atoms with Crippen LogP contribution in [0.4, 0.5) is 5.69 Å². The van der Waals surface area contributed by atoms with Crippen LogP contribution in [0.5, 0.6) is 11.5 Å². The first-order chi connectivity index (χ1) is 35.8. The van der Waals surface area contributed by atoms with Gasteiger partial charge in [-0.1, -0.05) is 184 Å². The van der Waals surface area contributed by atoms with Gasteiger partial charge >= 0.3 is 0 Å². The molecule has 0 fully saturated rings. The van der Waals surface area contributed by atoms with Crippen molar-refractivity contribution in [3.63, 3.8) is 0 Å². The molecule has 0 aliphatic carbocycles. The van der Waals surface area contributed by atoms with Crippen LogP contribution in [0.25, 0.3) is 72.4 Å². The summed E-state index contributed by atoms with van der Waals surface area (Å²) in [5.74, 6) is 2.19. The maximum atomic E-state index is 8.66. The summed E-state index contributed by atoms with van der Waals surface area (Å²) in [6.45, 7) is 10.5. The number of para-hydroxylation sites is 1. The average Bonchev–Trinajstić information content (AvgIpc) is 4.12. The van der Waals surface area contributed by atoms with Crippen molar-refractivity contribution in [3.05, 3.63) is 253 Å². The fourth-order valence-electron chi connectivity index (χ4n) is 9.39. The van der Waals surface area contributed by atoms with Crippen LogP contribution in [0, 0.1) is 25.7 Å². The molecule has 2 aliphatic rings. The molecular formula is C63H47N4O2Pt-3. The Morgan fingerprint density at radius 3 is 1.96 bits per heavy atom. The molecule has 0 saturated carbocycles. The molecule has 12 rings (SSSR count). The second-order valence-corrected chi connectivity index (χ2v) is 18.2. The number of anilines is 1. The number of rotatable bonds is 9. The minimum atomic E-state index is -0.437. The topological polar surface area (TPSA) is 42.8 Å². The van der Waals surface area contributed by atoms with E-state index in [1.54, 1.807) is 12.5 Å². The Labute approximate surface area is 430 Å². The Kier molecular flexibility index (Phi) is 10.1. The van der Waals surface area contributed by atoms with Gasteiger partial charge in [0.25, 0.3) is 0 Å². The Balaban J connectivity index is 0.00000602. The quantitative estimate of drug-likeness (QED) is 0.135. The first-order valence-electron chi connectivity index (χ1n) is 25.4. The van der Waals surface area contributed by atoms with Crippen LogP contribution >= 0.6 is 0 Å². The fourth-order valence-corrected chi connectivity index (χ4v) is 9.39. The molecule has 0 saturated heterocycles. The van der Waals surface area contributed by atoms with Crippen LogP contribution < -0.4 is 9.64 Å². The minimum absolute atomic E-state index is 0. The van der Waals surface area contributed by atoms with E-state index in [4.69, 9.17) is 21.3 Å². The second-order valence-electron chi connectivity index (χ2n) is 18.2. The normalized spacial score (nSPS) is 14.3. The van der Waals surface area contributed by atoms with E-state index < -0.39 is 18.1 Å². The van der Waals surface area contributed by atoms with E-state index in [2.05, 4.69) is 146 Å². The Morgan fingerprint density at radius 2 is 1.29 bits per heavy atom. The van der Waals surface area contributed by atoms with Gasteiger partial charge in [0.1, 0.15) is 5.82 Å². The van der Waals surface area contributed by atoms with Gasteiger partial charge in [0.15, 0.2) is 5.88 Å². The Morgan fingerprint density at radius 1 is 0.629 bits per heavy atom. The molecule has 0 amide bonds. The molecule has 0 unspecified atom stereocenters. The van der Waals surface area contributed by atoms with Crippen LogP contribution in [0.3, 0.4) is 0 Å². The number of pyridine rings is 1. The summed E-state index contributed by atoms with van der Waals surface area (Å²) in [6, 6.07) is 61.2. The van der Waals surface area contributed by atoms with Crippen molar-refractivity contribution in [1.29, 1.82) is 0 Å². The molecule has 0 radical (unpaired) electrons. The van der Waals surface area contributed by atoms with Gasteiger partial charge in [-0.15, -0.1) is 41.3 Å². The third-order valence-electron chi connectivity index (χ3n) is 12.8. The number of aromatic nitrogens is 2. The average molecular weight is 1090 g/mol. The van der Waals surface area contributed by atoms with Gasteiger partial charge in [-0.25, -0.2) is 4.98 Å². The number of hydrogen-bond donors (Lipinski definition) is 0. The van der Waals surface area contributed by atoms with E-state index in [0.29, 0.717) is 34.3 Å². The van der Waals surface area contributed by atoms with Crippen molar-refractivity contribution in [3.8, 4) is 50.7 Å². The summed E-state index contributed by atoms with van der Waals surface area (Å²) >= 11 is 0. The minimum Gasteiger partial charge on any atom is -0.503 e. The van der Waals surface area contributed by atoms with Gasteiger partial charge in [-0.2, -0.15) is 12.7 Å². The van der Waals surface area contributed by atoms with Gasteiger partial charge in [-0.05, 0) is 63.4 Å². The van der Waals surface area contributed by atoms with Crippen LogP contribution in [0.1, 0.15) is 49.9 Å². The van der Waals surface area contributed by atoms with Crippen molar-refractivity contribution in [1.82, 2.24) is 14.5 Å². The predicted molar refractivity (Wildman–Crippen MR) is 280 cm³/mol. The zero-order valence-corrected chi connectivity index (χ0v) is 41.0. The molecule has 8 aromatic carbocycles. The van der Waals surface area contributed by atoms with Crippen LogP contribution in [0.2, 0.25) is 0 Å². The van der Waals surface area contributed by atoms with Crippen molar-refractivity contribution in [2.24, 2.45) is 0 Å². The number of ether oxygens (including phenoxy) is 2. The largest absolute Gasteiger partial charge is 0.503 e. The summed E-state index contributed by atoms with van der Waals surface area (Å²) in [5.41, 5.74) is 12.7. The van der Waals surface area contributed by atoms with E-state index in [0.717, 1.165) is 72.3 Å². The summed E-state index contributed by atoms with van der Waals surface area (Å²) in [5, 5.41) is 1.97. The Bertz CT molecular complexity index is 3860. The van der Waals surface area contributed by atoms with Crippen molar-refractivity contribution < 1.29 is 37.4 Å². The first kappa shape index (κ1) is 39.0. The number of aryl methyl sites for hydroxylation is 1. The third kappa shape index (κ3) is 7.98. The van der Waals surface area contributed by atoms with Gasteiger partial charge in [0.2, 0.25) is 0 Å². The predicted octanol–water partition coefficient (Wildman–Crippen LogP) is 15.8. The van der Waals surface area contributed by atoms with Crippen molar-refractivity contribution in [2.75, 3.05) is 4.90 Å². The molecule has 70 heavy (non-hydrogen) atoms. The first-order valence-corrected chi connectivity index (χ1v) is 22.9. The van der Waals surface area contributed by atoms with E-state index in [1.807, 2.05) is 78.2 Å². The van der Waals surface area contributed by atoms with E-state index in [-0.39, 0.29) is 44.1 Å². The van der Waals surface area contributed by atoms with Crippen molar-refractivity contribution in [2.45, 2.75) is 33.1 Å². The standard InChI is InChI=1S/C63H47N4O2.Pt/c1-42-35-59(64-39-55(42)45-23-13-7-14-24-45)67-56-34-31-48(63(2,3)4)37-54(56)53-33-32-50(38-57(53)67)69-49-28-17-27-47(36-49)58-40-68-62-60(46-25-15-8-16-26-46)66(41-65(58)62)61-51(43-19-9-5-10-20-43)29-18-30-52(61)44-21-11-6-12-22-44;/h5-35,37,39-41H,1-4H3;/q-3;/i7D,13D,14D,23D,24D;. The number of fused-ring (bicyclic) bond motifs is 4. The number of nitrogens with zero attached hydrogens (tertiary/aromatic N) is 4. The smallest absolute Gasteiger partial charge is 0.184 e. The molecule has 7 heteroatoms. The molecule has 2 aromatic heterocycles. The van der Waals surface area contributed by atoms with Crippen LogP contribution in [0.15, 0.2) is 212 Å². The van der Waals surface area contributed by atoms with Gasteiger partial charge in [0.05, 0.1) is 18.8 Å². The molecule has 344 valence electrons. The van der Waals surface area contributed by atoms with Crippen LogP contribution in [-0.2, 0) is 31.2 Å². The summed E-state index contributed by atoms with van der Waals surface area (Å²) in [4.78, 5) is 9.23. The summed E-state index contributed by atoms with van der Waals surface area (Å²) < 4.78 is 57.4. The maximum absolute atomic E-state index is 8.66. The van der Waals surface area contributed by atoms with E-state index in [9.17, 15) is 0 Å². The molecule has 0 spiro atoms. The molecular weight excluding hydrogens is 1040 g/mol. The monoisotopic (exact) mass is 1090 g/mol. The van der Waals surface area contributed by atoms with Crippen LogP contribution in [-0.4, -0.2) is 14.5 Å². The second kappa shape index (κ2) is 18.2. The van der Waals surface area contributed by atoms with E-state index >= 15 is 0 Å². The zero-order chi connectivity index (χ0) is 51.0. The third-order valence-corrected chi connectivity index (χ3v) is 12.8. The fraction of sp³-hybridized carbons (Fsp3) is 0.0794. The van der Waals surface area contributed by atoms with Gasteiger partial charge in [-0.3, -0.25) is 0 Å². The number of benzene rings is 8. The Hall–Kier alpha value is -7.92. The zero-order valence-electron chi connectivity index (χ0n) is 43.7. The van der Waals surface area contributed by atoms with Crippen molar-refractivity contribution >= 4 is 38.9 Å². The molecule has 0 bridgehead atoms. The van der Waals surface area contributed by atoms with E-state index in [1.165, 1.54) is 5.56 Å². The summed E-state index contributed by atoms with van der Waals surface area (Å²) in [7, 11) is 0. The molecule has 0 N–H and O–H groups in total.